The first kappa shape index (κ1) is 13.6. The van der Waals surface area contributed by atoms with Crippen molar-refractivity contribution in [3.63, 3.8) is 0 Å². The zero-order chi connectivity index (χ0) is 13.7. The fourth-order valence-electron chi connectivity index (χ4n) is 2.05. The monoisotopic (exact) mass is 256 g/mol. The molecule has 1 aliphatic rings. The maximum absolute atomic E-state index is 5.89. The molecule has 19 heavy (non-hydrogen) atoms. The topological polar surface area (TPSA) is 34.2 Å². The smallest absolute Gasteiger partial charge is 0.148 e. The maximum Gasteiger partial charge on any atom is 0.148 e. The van der Waals surface area contributed by atoms with Gasteiger partial charge in [-0.25, -0.2) is 0 Å². The lowest BCUT2D eigenvalue weighted by atomic mass is 10.1. The standard InChI is InChI=1S/C14H13NO.C2H7N/c1-10-6-9-14-12(15-10)8-7-11-4-2-3-5-13(11)16-14;1-3-2/h2-6,9H,7-8H2,1H3;3H,1-2H3. The van der Waals surface area contributed by atoms with Crippen LogP contribution in [0, 0.1) is 6.92 Å². The van der Waals surface area contributed by atoms with E-state index in [1.807, 2.05) is 45.3 Å². The number of pyridine rings is 1. The Balaban J connectivity index is 0.000000408. The highest BCUT2D eigenvalue weighted by atomic mass is 16.5. The maximum atomic E-state index is 5.89. The van der Waals surface area contributed by atoms with E-state index in [-0.39, 0.29) is 0 Å². The zero-order valence-corrected chi connectivity index (χ0v) is 11.7. The molecule has 3 rings (SSSR count). The van der Waals surface area contributed by atoms with Crippen molar-refractivity contribution in [3.8, 4) is 11.5 Å². The Labute approximate surface area is 114 Å². The molecule has 3 heteroatoms. The average Bonchev–Trinajstić information content (AvgIpc) is 2.58. The molecular weight excluding hydrogens is 236 g/mol. The number of nitrogens with one attached hydrogen (secondary N) is 1. The second kappa shape index (κ2) is 6.34. The minimum Gasteiger partial charge on any atom is -0.455 e. The molecule has 0 aliphatic carbocycles. The number of aromatic nitrogens is 1. The molecule has 0 saturated heterocycles. The summed E-state index contributed by atoms with van der Waals surface area (Å²) in [4.78, 5) is 4.53. The molecule has 2 heterocycles. The predicted molar refractivity (Wildman–Crippen MR) is 77.9 cm³/mol. The zero-order valence-electron chi connectivity index (χ0n) is 11.7. The highest BCUT2D eigenvalue weighted by Gasteiger charge is 2.14. The number of hydrogen-bond acceptors (Lipinski definition) is 3. The van der Waals surface area contributed by atoms with E-state index >= 15 is 0 Å². The summed E-state index contributed by atoms with van der Waals surface area (Å²) in [6.45, 7) is 2.01. The first-order valence-corrected chi connectivity index (χ1v) is 6.55. The molecule has 0 atom stereocenters. The predicted octanol–water partition coefficient (Wildman–Crippen LogP) is 3.12. The van der Waals surface area contributed by atoms with Gasteiger partial charge in [0, 0.05) is 5.69 Å². The fraction of sp³-hybridized carbons (Fsp3) is 0.312. The molecular formula is C16H20N2O. The molecule has 100 valence electrons. The largest absolute Gasteiger partial charge is 0.455 e. The van der Waals surface area contributed by atoms with Crippen LogP contribution in [0.3, 0.4) is 0 Å². The summed E-state index contributed by atoms with van der Waals surface area (Å²) in [6, 6.07) is 12.2. The summed E-state index contributed by atoms with van der Waals surface area (Å²) >= 11 is 0. The van der Waals surface area contributed by atoms with Gasteiger partial charge in [-0.15, -0.1) is 0 Å². The first-order valence-electron chi connectivity index (χ1n) is 6.55. The molecule has 2 aromatic rings. The van der Waals surface area contributed by atoms with Gasteiger partial charge in [-0.1, -0.05) is 18.2 Å². The van der Waals surface area contributed by atoms with Crippen LogP contribution in [-0.2, 0) is 12.8 Å². The third-order valence-electron chi connectivity index (χ3n) is 2.90. The molecule has 3 nitrogen and oxygen atoms in total. The Morgan fingerprint density at radius 2 is 1.74 bits per heavy atom. The van der Waals surface area contributed by atoms with E-state index in [4.69, 9.17) is 4.74 Å². The van der Waals surface area contributed by atoms with Gasteiger partial charge in [0.1, 0.15) is 11.5 Å². The van der Waals surface area contributed by atoms with E-state index in [1.54, 1.807) is 0 Å². The quantitative estimate of drug-likeness (QED) is 0.786. The van der Waals surface area contributed by atoms with Gasteiger partial charge < -0.3 is 10.1 Å². The van der Waals surface area contributed by atoms with Crippen LogP contribution in [0.1, 0.15) is 17.0 Å². The van der Waals surface area contributed by atoms with Gasteiger partial charge in [0.15, 0.2) is 0 Å². The summed E-state index contributed by atoms with van der Waals surface area (Å²) in [5.41, 5.74) is 3.38. The second-order valence-corrected chi connectivity index (χ2v) is 4.61. The number of nitrogens with zero attached hydrogens (tertiary/aromatic N) is 1. The van der Waals surface area contributed by atoms with Crippen LogP contribution in [0.5, 0.6) is 11.5 Å². The highest BCUT2D eigenvalue weighted by molar-refractivity contribution is 5.42. The van der Waals surface area contributed by atoms with Crippen LogP contribution in [0.4, 0.5) is 0 Å². The number of aryl methyl sites for hydroxylation is 3. The lowest BCUT2D eigenvalue weighted by Gasteiger charge is -2.07. The van der Waals surface area contributed by atoms with Crippen molar-refractivity contribution in [2.24, 2.45) is 0 Å². The number of fused-ring (bicyclic) bond motifs is 2. The summed E-state index contributed by atoms with van der Waals surface area (Å²) in [7, 11) is 3.75. The molecule has 0 unspecified atom stereocenters. The van der Waals surface area contributed by atoms with Crippen molar-refractivity contribution in [2.75, 3.05) is 14.1 Å². The lowest BCUT2D eigenvalue weighted by Crippen LogP contribution is -1.94. The second-order valence-electron chi connectivity index (χ2n) is 4.61. The molecule has 0 amide bonds. The fourth-order valence-corrected chi connectivity index (χ4v) is 2.05. The Kier molecular flexibility index (Phi) is 4.53. The van der Waals surface area contributed by atoms with E-state index in [0.29, 0.717) is 0 Å². The van der Waals surface area contributed by atoms with Crippen molar-refractivity contribution in [2.45, 2.75) is 19.8 Å². The summed E-state index contributed by atoms with van der Waals surface area (Å²) < 4.78 is 5.89. The van der Waals surface area contributed by atoms with Gasteiger partial charge >= 0.3 is 0 Å². The molecule has 0 bridgehead atoms. The van der Waals surface area contributed by atoms with Gasteiger partial charge in [-0.2, -0.15) is 0 Å². The van der Waals surface area contributed by atoms with Crippen molar-refractivity contribution < 1.29 is 4.74 Å². The van der Waals surface area contributed by atoms with E-state index in [9.17, 15) is 0 Å². The van der Waals surface area contributed by atoms with Crippen LogP contribution in [0.15, 0.2) is 36.4 Å². The Bertz CT molecular complexity index is 552. The molecule has 0 radical (unpaired) electrons. The molecule has 1 aromatic carbocycles. The van der Waals surface area contributed by atoms with E-state index in [2.05, 4.69) is 22.4 Å². The van der Waals surface area contributed by atoms with Crippen LogP contribution in [0.2, 0.25) is 0 Å². The van der Waals surface area contributed by atoms with Gasteiger partial charge in [0.05, 0.1) is 5.69 Å². The SMILES string of the molecule is CNC.Cc1ccc2c(n1)CCc1ccccc1O2. The first-order chi connectivity index (χ1) is 9.24. The van der Waals surface area contributed by atoms with Crippen molar-refractivity contribution in [3.05, 3.63) is 53.3 Å². The van der Waals surface area contributed by atoms with Gasteiger partial charge in [0.25, 0.3) is 0 Å². The highest BCUT2D eigenvalue weighted by Crippen LogP contribution is 2.32. The van der Waals surface area contributed by atoms with Crippen molar-refractivity contribution >= 4 is 0 Å². The van der Waals surface area contributed by atoms with Gasteiger partial charge in [0.2, 0.25) is 0 Å². The number of rotatable bonds is 0. The molecule has 1 N–H and O–H groups in total. The Hall–Kier alpha value is -1.87. The number of benzene rings is 1. The van der Waals surface area contributed by atoms with Crippen LogP contribution < -0.4 is 10.1 Å². The summed E-state index contributed by atoms with van der Waals surface area (Å²) in [5.74, 6) is 1.86. The van der Waals surface area contributed by atoms with Crippen LogP contribution in [0.25, 0.3) is 0 Å². The van der Waals surface area contributed by atoms with Gasteiger partial charge in [-0.3, -0.25) is 4.98 Å². The normalized spacial score (nSPS) is 12.2. The van der Waals surface area contributed by atoms with E-state index in [0.717, 1.165) is 35.7 Å². The average molecular weight is 256 g/mol. The molecule has 1 aromatic heterocycles. The summed E-state index contributed by atoms with van der Waals surface area (Å²) in [6.07, 6.45) is 1.95. The number of para-hydroxylation sites is 1. The van der Waals surface area contributed by atoms with Crippen molar-refractivity contribution in [1.29, 1.82) is 0 Å². The number of ether oxygens (including phenoxy) is 1. The van der Waals surface area contributed by atoms with Crippen LogP contribution in [-0.4, -0.2) is 19.1 Å². The summed E-state index contributed by atoms with van der Waals surface area (Å²) in [5, 5.41) is 2.75. The molecule has 0 saturated carbocycles. The lowest BCUT2D eigenvalue weighted by molar-refractivity contribution is 0.476. The number of hydrogen-bond donors (Lipinski definition) is 1. The minimum absolute atomic E-state index is 0.899. The van der Waals surface area contributed by atoms with Gasteiger partial charge in [-0.05, 0) is 57.6 Å². The Morgan fingerprint density at radius 1 is 1.00 bits per heavy atom. The Morgan fingerprint density at radius 3 is 2.53 bits per heavy atom. The van der Waals surface area contributed by atoms with Crippen molar-refractivity contribution in [1.82, 2.24) is 10.3 Å². The minimum atomic E-state index is 0.899. The molecule has 0 spiro atoms. The third-order valence-corrected chi connectivity index (χ3v) is 2.90. The molecule has 0 fully saturated rings. The molecule has 1 aliphatic heterocycles. The van der Waals surface area contributed by atoms with Crippen LogP contribution >= 0.6 is 0 Å². The third kappa shape index (κ3) is 3.32. The van der Waals surface area contributed by atoms with E-state index in [1.165, 1.54) is 5.56 Å². The van der Waals surface area contributed by atoms with E-state index < -0.39 is 0 Å².